The maximum absolute atomic E-state index is 12.8. The minimum atomic E-state index is -0.256. The van der Waals surface area contributed by atoms with Crippen LogP contribution in [0.5, 0.6) is 0 Å². The molecule has 0 N–H and O–H groups in total. The van der Waals surface area contributed by atoms with Crippen LogP contribution in [-0.4, -0.2) is 42.9 Å². The maximum atomic E-state index is 12.8. The molecule has 0 spiro atoms. The molecule has 0 saturated carbocycles. The Bertz CT molecular complexity index is 736. The topological polar surface area (TPSA) is 51.0 Å². The van der Waals surface area contributed by atoms with Gasteiger partial charge in [0.1, 0.15) is 6.33 Å². The van der Waals surface area contributed by atoms with Crippen LogP contribution < -0.4 is 0 Å². The van der Waals surface area contributed by atoms with Crippen LogP contribution in [0.3, 0.4) is 0 Å². The molecule has 2 aromatic rings. The molecule has 1 atom stereocenters. The zero-order valence-electron chi connectivity index (χ0n) is 15.5. The fourth-order valence-corrected chi connectivity index (χ4v) is 3.81. The third kappa shape index (κ3) is 4.55. The number of carbonyl (C=O) groups is 1. The number of thioether (sulfide) groups is 1. The van der Waals surface area contributed by atoms with Crippen molar-refractivity contribution in [3.05, 3.63) is 35.1 Å². The average molecular weight is 381 g/mol. The molecule has 2 rings (SSSR count). The van der Waals surface area contributed by atoms with Crippen LogP contribution in [0.1, 0.15) is 40.2 Å². The first-order valence-electron chi connectivity index (χ1n) is 8.37. The molecule has 1 heterocycles. The van der Waals surface area contributed by atoms with E-state index in [2.05, 4.69) is 10.2 Å². The van der Waals surface area contributed by atoms with Crippen LogP contribution in [0.25, 0.3) is 5.69 Å². The van der Waals surface area contributed by atoms with E-state index in [1.165, 1.54) is 11.8 Å². The van der Waals surface area contributed by atoms with Crippen molar-refractivity contribution in [1.82, 2.24) is 19.7 Å². The molecule has 0 unspecified atom stereocenters. The number of aryl methyl sites for hydroxylation is 1. The largest absolute Gasteiger partial charge is 0.337 e. The highest BCUT2D eigenvalue weighted by molar-refractivity contribution is 8.00. The molecule has 136 valence electrons. The van der Waals surface area contributed by atoms with Gasteiger partial charge in [0.2, 0.25) is 5.91 Å². The first-order chi connectivity index (χ1) is 11.7. The third-order valence-electron chi connectivity index (χ3n) is 3.95. The summed E-state index contributed by atoms with van der Waals surface area (Å²) in [6.07, 6.45) is 1.64. The van der Waals surface area contributed by atoms with Crippen LogP contribution in [0.15, 0.2) is 29.7 Å². The van der Waals surface area contributed by atoms with Crippen molar-refractivity contribution < 1.29 is 4.79 Å². The number of nitrogens with zero attached hydrogens (tertiary/aromatic N) is 4. The Balaban J connectivity index is 2.22. The standard InChI is InChI=1S/C18H25ClN4OS/c1-11(2)23(12(3)4)17(24)14(6)25-18-21-20-10-22(18)15-8-7-13(5)16(19)9-15/h7-12,14H,1-6H3/t14-/m1/s1. The van der Waals surface area contributed by atoms with Gasteiger partial charge in [-0.3, -0.25) is 9.36 Å². The molecule has 0 bridgehead atoms. The van der Waals surface area contributed by atoms with Crippen molar-refractivity contribution >= 4 is 29.3 Å². The smallest absolute Gasteiger partial charge is 0.236 e. The van der Waals surface area contributed by atoms with E-state index in [9.17, 15) is 4.79 Å². The number of rotatable bonds is 6. The molecule has 1 aromatic carbocycles. The lowest BCUT2D eigenvalue weighted by molar-refractivity contribution is -0.133. The van der Waals surface area contributed by atoms with E-state index >= 15 is 0 Å². The number of benzene rings is 1. The fraction of sp³-hybridized carbons (Fsp3) is 0.500. The van der Waals surface area contributed by atoms with Crippen molar-refractivity contribution in [2.75, 3.05) is 0 Å². The van der Waals surface area contributed by atoms with Gasteiger partial charge in [0.15, 0.2) is 5.16 Å². The van der Waals surface area contributed by atoms with Gasteiger partial charge in [-0.15, -0.1) is 10.2 Å². The lowest BCUT2D eigenvalue weighted by Gasteiger charge is -2.32. The first kappa shape index (κ1) is 19.8. The third-order valence-corrected chi connectivity index (χ3v) is 5.40. The highest BCUT2D eigenvalue weighted by atomic mass is 35.5. The van der Waals surface area contributed by atoms with E-state index in [1.54, 1.807) is 6.33 Å². The molecule has 1 amide bonds. The molecule has 1 aromatic heterocycles. The monoisotopic (exact) mass is 380 g/mol. The molecule has 25 heavy (non-hydrogen) atoms. The van der Waals surface area contributed by atoms with Gasteiger partial charge in [0.25, 0.3) is 0 Å². The van der Waals surface area contributed by atoms with Crippen molar-refractivity contribution in [1.29, 1.82) is 0 Å². The Labute approximate surface area is 158 Å². The second-order valence-corrected chi connectivity index (χ2v) is 8.33. The predicted octanol–water partition coefficient (Wildman–Crippen LogP) is 4.36. The normalized spacial score (nSPS) is 12.7. The number of carbonyl (C=O) groups excluding carboxylic acids is 1. The molecular formula is C18H25ClN4OS. The Morgan fingerprint density at radius 1 is 1.20 bits per heavy atom. The SMILES string of the molecule is Cc1ccc(-n2cnnc2S[C@H](C)C(=O)N(C(C)C)C(C)C)cc1Cl. The molecule has 5 nitrogen and oxygen atoms in total. The number of hydrogen-bond acceptors (Lipinski definition) is 4. The van der Waals surface area contributed by atoms with Gasteiger partial charge < -0.3 is 4.90 Å². The maximum Gasteiger partial charge on any atom is 0.236 e. The summed E-state index contributed by atoms with van der Waals surface area (Å²) >= 11 is 7.64. The van der Waals surface area contributed by atoms with Crippen LogP contribution >= 0.6 is 23.4 Å². The first-order valence-corrected chi connectivity index (χ1v) is 9.63. The van der Waals surface area contributed by atoms with Crippen LogP contribution in [-0.2, 0) is 4.79 Å². The molecule has 7 heteroatoms. The summed E-state index contributed by atoms with van der Waals surface area (Å²) in [5.74, 6) is 0.103. The van der Waals surface area contributed by atoms with Crippen molar-refractivity contribution in [2.24, 2.45) is 0 Å². The second-order valence-electron chi connectivity index (χ2n) is 6.61. The molecule has 0 aliphatic heterocycles. The summed E-state index contributed by atoms with van der Waals surface area (Å²) in [6.45, 7) is 12.0. The molecule has 0 radical (unpaired) electrons. The van der Waals surface area contributed by atoms with Gasteiger partial charge in [0.05, 0.1) is 10.9 Å². The molecule has 0 aliphatic rings. The van der Waals surface area contributed by atoms with E-state index in [0.717, 1.165) is 11.3 Å². The van der Waals surface area contributed by atoms with Crippen LogP contribution in [0.4, 0.5) is 0 Å². The van der Waals surface area contributed by atoms with E-state index in [0.29, 0.717) is 10.2 Å². The van der Waals surface area contributed by atoms with Gasteiger partial charge in [-0.25, -0.2) is 0 Å². The molecule has 0 fully saturated rings. The fourth-order valence-electron chi connectivity index (χ4n) is 2.74. The van der Waals surface area contributed by atoms with E-state index < -0.39 is 0 Å². The van der Waals surface area contributed by atoms with Gasteiger partial charge in [0, 0.05) is 17.1 Å². The summed E-state index contributed by atoms with van der Waals surface area (Å²) in [4.78, 5) is 14.7. The zero-order valence-corrected chi connectivity index (χ0v) is 17.1. The van der Waals surface area contributed by atoms with Crippen molar-refractivity contribution in [2.45, 2.75) is 64.0 Å². The van der Waals surface area contributed by atoms with E-state index in [1.807, 2.05) is 69.2 Å². The number of hydrogen-bond donors (Lipinski definition) is 0. The second kappa shape index (κ2) is 8.23. The lowest BCUT2D eigenvalue weighted by Crippen LogP contribution is -2.45. The van der Waals surface area contributed by atoms with Gasteiger partial charge in [-0.05, 0) is 59.2 Å². The minimum Gasteiger partial charge on any atom is -0.337 e. The van der Waals surface area contributed by atoms with Gasteiger partial charge in [-0.2, -0.15) is 0 Å². The molecule has 0 aliphatic carbocycles. The van der Waals surface area contributed by atoms with Crippen LogP contribution in [0.2, 0.25) is 5.02 Å². The molecular weight excluding hydrogens is 356 g/mol. The van der Waals surface area contributed by atoms with Gasteiger partial charge >= 0.3 is 0 Å². The summed E-state index contributed by atoms with van der Waals surface area (Å²) in [7, 11) is 0. The van der Waals surface area contributed by atoms with Gasteiger partial charge in [-0.1, -0.05) is 29.4 Å². The Morgan fingerprint density at radius 2 is 1.84 bits per heavy atom. The predicted molar refractivity (Wildman–Crippen MR) is 104 cm³/mol. The zero-order chi connectivity index (χ0) is 18.7. The van der Waals surface area contributed by atoms with E-state index in [4.69, 9.17) is 11.6 Å². The number of aromatic nitrogens is 3. The Hall–Kier alpha value is -1.53. The van der Waals surface area contributed by atoms with Crippen molar-refractivity contribution in [3.8, 4) is 5.69 Å². The average Bonchev–Trinajstić information content (AvgIpc) is 2.97. The van der Waals surface area contributed by atoms with Crippen molar-refractivity contribution in [3.63, 3.8) is 0 Å². The summed E-state index contributed by atoms with van der Waals surface area (Å²) in [5.41, 5.74) is 1.90. The number of amides is 1. The van der Waals surface area contributed by atoms with Crippen LogP contribution in [0, 0.1) is 6.92 Å². The minimum absolute atomic E-state index is 0.103. The summed E-state index contributed by atoms with van der Waals surface area (Å²) in [6, 6.07) is 6.12. The quantitative estimate of drug-likeness (QED) is 0.699. The summed E-state index contributed by atoms with van der Waals surface area (Å²) in [5, 5.41) is 9.29. The van der Waals surface area contributed by atoms with E-state index in [-0.39, 0.29) is 23.2 Å². The number of halogens is 1. The Morgan fingerprint density at radius 3 is 2.40 bits per heavy atom. The highest BCUT2D eigenvalue weighted by Gasteiger charge is 2.27. The Kier molecular flexibility index (Phi) is 6.52. The molecule has 0 saturated heterocycles. The summed E-state index contributed by atoms with van der Waals surface area (Å²) < 4.78 is 1.86. The lowest BCUT2D eigenvalue weighted by atomic mass is 10.2. The highest BCUT2D eigenvalue weighted by Crippen LogP contribution is 2.27.